The van der Waals surface area contributed by atoms with Gasteiger partial charge in [-0.25, -0.2) is 9.18 Å². The third kappa shape index (κ3) is 2.37. The Hall–Kier alpha value is -1.42. The number of rotatable bonds is 2. The van der Waals surface area contributed by atoms with Crippen molar-refractivity contribution < 1.29 is 13.9 Å². The maximum atomic E-state index is 13.9. The molecule has 19 heavy (non-hydrogen) atoms. The van der Waals surface area contributed by atoms with Crippen LogP contribution in [0.1, 0.15) is 47.5 Å². The Bertz CT molecular complexity index is 491. The van der Waals surface area contributed by atoms with E-state index in [2.05, 4.69) is 10.1 Å². The van der Waals surface area contributed by atoms with Crippen LogP contribution in [0.15, 0.2) is 18.2 Å². The third-order valence-corrected chi connectivity index (χ3v) is 4.34. The van der Waals surface area contributed by atoms with Crippen molar-refractivity contribution in [1.82, 2.24) is 5.32 Å². The number of carbonyl (C=O) groups excluding carboxylic acids is 1. The van der Waals surface area contributed by atoms with E-state index in [1.54, 1.807) is 6.07 Å². The molecule has 2 atom stereocenters. The number of benzene rings is 1. The zero-order valence-corrected chi connectivity index (χ0v) is 11.0. The molecule has 2 bridgehead atoms. The zero-order chi connectivity index (χ0) is 13.4. The largest absolute Gasteiger partial charge is 0.465 e. The first-order valence-corrected chi connectivity index (χ1v) is 6.81. The molecule has 0 radical (unpaired) electrons. The van der Waals surface area contributed by atoms with Crippen LogP contribution in [0.2, 0.25) is 0 Å². The number of nitrogens with one attached hydrogen (secondary N) is 1. The predicted molar refractivity (Wildman–Crippen MR) is 69.7 cm³/mol. The molecule has 1 aromatic carbocycles. The number of methoxy groups -OCH3 is 1. The van der Waals surface area contributed by atoms with Crippen molar-refractivity contribution in [2.24, 2.45) is 0 Å². The van der Waals surface area contributed by atoms with Crippen molar-refractivity contribution >= 4 is 5.97 Å². The number of ether oxygens (including phenoxy) is 1. The van der Waals surface area contributed by atoms with E-state index >= 15 is 0 Å². The van der Waals surface area contributed by atoms with E-state index in [9.17, 15) is 9.18 Å². The minimum absolute atomic E-state index is 0.0168. The summed E-state index contributed by atoms with van der Waals surface area (Å²) in [6, 6.07) is 6.06. The smallest absolute Gasteiger partial charge is 0.340 e. The summed E-state index contributed by atoms with van der Waals surface area (Å²) >= 11 is 0. The molecule has 2 aliphatic rings. The van der Waals surface area contributed by atoms with E-state index in [1.807, 2.05) is 6.07 Å². The fraction of sp³-hybridized carbons (Fsp3) is 0.533. The molecule has 2 aliphatic heterocycles. The van der Waals surface area contributed by atoms with Crippen molar-refractivity contribution in [3.63, 3.8) is 0 Å². The van der Waals surface area contributed by atoms with Gasteiger partial charge in [-0.2, -0.15) is 0 Å². The van der Waals surface area contributed by atoms with Crippen LogP contribution in [0, 0.1) is 5.82 Å². The molecule has 0 spiro atoms. The van der Waals surface area contributed by atoms with Crippen molar-refractivity contribution in [2.75, 3.05) is 7.11 Å². The summed E-state index contributed by atoms with van der Waals surface area (Å²) in [5, 5.41) is 3.58. The maximum Gasteiger partial charge on any atom is 0.340 e. The Morgan fingerprint density at radius 2 is 2.00 bits per heavy atom. The van der Waals surface area contributed by atoms with E-state index in [0.29, 0.717) is 18.0 Å². The second-order valence-corrected chi connectivity index (χ2v) is 5.54. The van der Waals surface area contributed by atoms with Gasteiger partial charge in [0.1, 0.15) is 5.82 Å². The minimum atomic E-state index is -0.616. The number of carbonyl (C=O) groups is 1. The highest BCUT2D eigenvalue weighted by Crippen LogP contribution is 2.37. The van der Waals surface area contributed by atoms with Crippen LogP contribution < -0.4 is 5.32 Å². The average molecular weight is 263 g/mol. The van der Waals surface area contributed by atoms with Gasteiger partial charge in [0, 0.05) is 12.1 Å². The number of esters is 1. The van der Waals surface area contributed by atoms with Crippen molar-refractivity contribution in [3.8, 4) is 0 Å². The van der Waals surface area contributed by atoms with Gasteiger partial charge in [0.05, 0.1) is 12.7 Å². The molecular weight excluding hydrogens is 245 g/mol. The molecule has 2 heterocycles. The number of fused-ring (bicyclic) bond motifs is 2. The highest BCUT2D eigenvalue weighted by molar-refractivity contribution is 5.89. The second kappa shape index (κ2) is 4.93. The van der Waals surface area contributed by atoms with Gasteiger partial charge in [0.15, 0.2) is 0 Å². The maximum absolute atomic E-state index is 13.9. The Morgan fingerprint density at radius 1 is 1.32 bits per heavy atom. The molecular formula is C15H18FNO2. The Balaban J connectivity index is 1.82. The van der Waals surface area contributed by atoms with Gasteiger partial charge in [-0.05, 0) is 49.3 Å². The molecule has 4 heteroatoms. The standard InChI is InChI=1S/C15H18FNO2/c1-19-15(18)13-5-2-9(8-14(13)16)10-6-11-3-4-12(7-10)17-11/h2,5,8,10-12,17H,3-4,6-7H2,1H3. The van der Waals surface area contributed by atoms with Gasteiger partial charge >= 0.3 is 5.97 Å². The highest BCUT2D eigenvalue weighted by atomic mass is 19.1. The Kier molecular flexibility index (Phi) is 3.27. The van der Waals surface area contributed by atoms with Gasteiger partial charge in [-0.15, -0.1) is 0 Å². The molecule has 0 aromatic heterocycles. The van der Waals surface area contributed by atoms with Crippen molar-refractivity contribution in [1.29, 1.82) is 0 Å². The predicted octanol–water partition coefficient (Wildman–Crippen LogP) is 2.61. The van der Waals surface area contributed by atoms with E-state index in [0.717, 1.165) is 18.4 Å². The van der Waals surface area contributed by atoms with Crippen LogP contribution in [0.3, 0.4) is 0 Å². The lowest BCUT2D eigenvalue weighted by Gasteiger charge is -2.29. The van der Waals surface area contributed by atoms with Crippen molar-refractivity contribution in [2.45, 2.75) is 43.7 Å². The zero-order valence-electron chi connectivity index (χ0n) is 11.0. The van der Waals surface area contributed by atoms with E-state index < -0.39 is 11.8 Å². The van der Waals surface area contributed by atoms with Crippen LogP contribution >= 0.6 is 0 Å². The Morgan fingerprint density at radius 3 is 2.58 bits per heavy atom. The van der Waals surface area contributed by atoms with Gasteiger partial charge in [0.2, 0.25) is 0 Å². The van der Waals surface area contributed by atoms with E-state index in [1.165, 1.54) is 26.0 Å². The van der Waals surface area contributed by atoms with Gasteiger partial charge in [-0.1, -0.05) is 6.07 Å². The summed E-state index contributed by atoms with van der Waals surface area (Å²) in [6.07, 6.45) is 4.58. The fourth-order valence-corrected chi connectivity index (χ4v) is 3.39. The molecule has 2 saturated heterocycles. The SMILES string of the molecule is COC(=O)c1ccc(C2CC3CCC(C2)N3)cc1F. The first-order chi connectivity index (χ1) is 9.17. The quantitative estimate of drug-likeness (QED) is 0.834. The minimum Gasteiger partial charge on any atom is -0.465 e. The topological polar surface area (TPSA) is 38.3 Å². The van der Waals surface area contributed by atoms with Gasteiger partial charge in [0.25, 0.3) is 0 Å². The van der Waals surface area contributed by atoms with Crippen LogP contribution in [0.4, 0.5) is 4.39 Å². The molecule has 0 amide bonds. The number of hydrogen-bond donors (Lipinski definition) is 1. The monoisotopic (exact) mass is 263 g/mol. The van der Waals surface area contributed by atoms with Gasteiger partial charge in [-0.3, -0.25) is 0 Å². The second-order valence-electron chi connectivity index (χ2n) is 5.54. The lowest BCUT2D eigenvalue weighted by atomic mass is 9.86. The molecule has 2 fully saturated rings. The fourth-order valence-electron chi connectivity index (χ4n) is 3.39. The van der Waals surface area contributed by atoms with Crippen LogP contribution in [0.25, 0.3) is 0 Å². The van der Waals surface area contributed by atoms with Crippen LogP contribution in [-0.4, -0.2) is 25.2 Å². The number of halogens is 1. The summed E-state index contributed by atoms with van der Waals surface area (Å²) in [5.74, 6) is -0.690. The van der Waals surface area contributed by atoms with Crippen LogP contribution in [0.5, 0.6) is 0 Å². The molecule has 0 aliphatic carbocycles. The molecule has 3 nitrogen and oxygen atoms in total. The molecule has 1 N–H and O–H groups in total. The molecule has 102 valence electrons. The molecule has 2 unspecified atom stereocenters. The van der Waals surface area contributed by atoms with E-state index in [4.69, 9.17) is 0 Å². The normalized spacial score (nSPS) is 29.3. The summed E-state index contributed by atoms with van der Waals surface area (Å²) in [7, 11) is 1.26. The summed E-state index contributed by atoms with van der Waals surface area (Å²) in [4.78, 5) is 11.4. The number of piperidine rings is 1. The molecule has 0 saturated carbocycles. The first kappa shape index (κ1) is 12.6. The summed E-state index contributed by atoms with van der Waals surface area (Å²) < 4.78 is 18.5. The van der Waals surface area contributed by atoms with E-state index in [-0.39, 0.29) is 5.56 Å². The lowest BCUT2D eigenvalue weighted by molar-refractivity contribution is 0.0595. The molecule has 3 rings (SSSR count). The lowest BCUT2D eigenvalue weighted by Crippen LogP contribution is -2.37. The van der Waals surface area contributed by atoms with Crippen LogP contribution in [-0.2, 0) is 4.74 Å². The Labute approximate surface area is 112 Å². The average Bonchev–Trinajstić information content (AvgIpc) is 2.76. The third-order valence-electron chi connectivity index (χ3n) is 4.34. The first-order valence-electron chi connectivity index (χ1n) is 6.81. The van der Waals surface area contributed by atoms with Gasteiger partial charge < -0.3 is 10.1 Å². The molecule has 1 aromatic rings. The highest BCUT2D eigenvalue weighted by Gasteiger charge is 2.34. The summed E-state index contributed by atoms with van der Waals surface area (Å²) in [5.41, 5.74) is 1.02. The summed E-state index contributed by atoms with van der Waals surface area (Å²) in [6.45, 7) is 0. The number of hydrogen-bond acceptors (Lipinski definition) is 3. The van der Waals surface area contributed by atoms with Crippen molar-refractivity contribution in [3.05, 3.63) is 35.1 Å².